The fourth-order valence-corrected chi connectivity index (χ4v) is 1.19. The topological polar surface area (TPSA) is 42.0 Å². The maximum atomic E-state index is 11.5. The van der Waals surface area contributed by atoms with Crippen molar-refractivity contribution in [3.05, 3.63) is 40.1 Å². The van der Waals surface area contributed by atoms with Gasteiger partial charge in [-0.25, -0.2) is 4.98 Å². The van der Waals surface area contributed by atoms with Crippen LogP contribution < -0.4 is 5.32 Å². The second kappa shape index (κ2) is 5.66. The second-order valence-corrected chi connectivity index (χ2v) is 4.17. The maximum absolute atomic E-state index is 11.5. The third-order valence-electron chi connectivity index (χ3n) is 1.76. The lowest BCUT2D eigenvalue weighted by Crippen LogP contribution is -2.23. The molecule has 0 spiro atoms. The van der Waals surface area contributed by atoms with Crippen molar-refractivity contribution in [2.24, 2.45) is 0 Å². The lowest BCUT2D eigenvalue weighted by Gasteiger charge is -2.02. The molecule has 1 aromatic rings. The molecule has 1 rings (SSSR count). The molecule has 0 saturated carbocycles. The summed E-state index contributed by atoms with van der Waals surface area (Å²) in [6.45, 7) is 4.54. The molecule has 3 nitrogen and oxygen atoms in total. The minimum Gasteiger partial charge on any atom is -0.349 e. The Kier molecular flexibility index (Phi) is 4.49. The predicted molar refractivity (Wildman–Crippen MR) is 63.7 cm³/mol. The van der Waals surface area contributed by atoms with Crippen molar-refractivity contribution in [2.75, 3.05) is 6.54 Å². The van der Waals surface area contributed by atoms with Gasteiger partial charge in [0.2, 0.25) is 0 Å². The first kappa shape index (κ1) is 11.9. The summed E-state index contributed by atoms with van der Waals surface area (Å²) in [6, 6.07) is 3.48. The first-order chi connectivity index (χ1) is 7.09. The number of carbonyl (C=O) groups excluding carboxylic acids is 1. The van der Waals surface area contributed by atoms with Crippen molar-refractivity contribution < 1.29 is 4.79 Å². The van der Waals surface area contributed by atoms with E-state index >= 15 is 0 Å². The van der Waals surface area contributed by atoms with Crippen LogP contribution in [0.4, 0.5) is 0 Å². The van der Waals surface area contributed by atoms with Crippen molar-refractivity contribution in [1.82, 2.24) is 10.3 Å². The van der Waals surface area contributed by atoms with E-state index in [1.807, 2.05) is 19.9 Å². The van der Waals surface area contributed by atoms with E-state index in [4.69, 9.17) is 0 Å². The summed E-state index contributed by atoms with van der Waals surface area (Å²) in [6.07, 6.45) is 3.51. The van der Waals surface area contributed by atoms with Gasteiger partial charge in [-0.15, -0.1) is 0 Å². The normalized spacial score (nSPS) is 9.53. The zero-order valence-electron chi connectivity index (χ0n) is 8.75. The molecule has 1 heterocycles. The van der Waals surface area contributed by atoms with Crippen molar-refractivity contribution in [2.45, 2.75) is 13.8 Å². The molecular formula is C11H13BrN2O. The number of amides is 1. The third kappa shape index (κ3) is 4.25. The Balaban J connectivity index is 2.54. The lowest BCUT2D eigenvalue weighted by atomic mass is 10.2. The SMILES string of the molecule is CC(C)=CCNC(=O)c1ccc(Br)nc1. The summed E-state index contributed by atoms with van der Waals surface area (Å²) in [4.78, 5) is 15.5. The summed E-state index contributed by atoms with van der Waals surface area (Å²) >= 11 is 3.21. The molecule has 4 heteroatoms. The van der Waals surface area contributed by atoms with Crippen LogP contribution in [-0.4, -0.2) is 17.4 Å². The van der Waals surface area contributed by atoms with Gasteiger partial charge in [-0.05, 0) is 41.9 Å². The molecule has 80 valence electrons. The number of allylic oxidation sites excluding steroid dienone is 1. The van der Waals surface area contributed by atoms with Crippen LogP contribution in [0.25, 0.3) is 0 Å². The van der Waals surface area contributed by atoms with Crippen molar-refractivity contribution in [3.8, 4) is 0 Å². The fourth-order valence-electron chi connectivity index (χ4n) is 0.960. The highest BCUT2D eigenvalue weighted by Gasteiger charge is 2.03. The molecule has 0 saturated heterocycles. The van der Waals surface area contributed by atoms with Gasteiger partial charge in [-0.2, -0.15) is 0 Å². The lowest BCUT2D eigenvalue weighted by molar-refractivity contribution is 0.0957. The van der Waals surface area contributed by atoms with E-state index in [0.29, 0.717) is 12.1 Å². The zero-order chi connectivity index (χ0) is 11.3. The van der Waals surface area contributed by atoms with Crippen LogP contribution in [-0.2, 0) is 0 Å². The Morgan fingerprint density at radius 1 is 1.53 bits per heavy atom. The summed E-state index contributed by atoms with van der Waals surface area (Å²) < 4.78 is 0.725. The number of carbonyl (C=O) groups is 1. The van der Waals surface area contributed by atoms with E-state index in [0.717, 1.165) is 4.60 Å². The zero-order valence-corrected chi connectivity index (χ0v) is 10.3. The van der Waals surface area contributed by atoms with Gasteiger partial charge in [0.15, 0.2) is 0 Å². The second-order valence-electron chi connectivity index (χ2n) is 3.36. The Bertz CT molecular complexity index is 367. The Morgan fingerprint density at radius 2 is 2.27 bits per heavy atom. The minimum atomic E-state index is -0.104. The smallest absolute Gasteiger partial charge is 0.253 e. The molecule has 0 bridgehead atoms. The third-order valence-corrected chi connectivity index (χ3v) is 2.23. The van der Waals surface area contributed by atoms with E-state index in [1.54, 1.807) is 18.3 Å². The van der Waals surface area contributed by atoms with Crippen LogP contribution in [0.5, 0.6) is 0 Å². The van der Waals surface area contributed by atoms with Gasteiger partial charge in [0.05, 0.1) is 5.56 Å². The largest absolute Gasteiger partial charge is 0.349 e. The number of rotatable bonds is 3. The molecule has 1 amide bonds. The molecule has 15 heavy (non-hydrogen) atoms. The molecule has 0 aliphatic carbocycles. The van der Waals surface area contributed by atoms with Crippen LogP contribution in [0.2, 0.25) is 0 Å². The van der Waals surface area contributed by atoms with Gasteiger partial charge in [-0.3, -0.25) is 4.79 Å². The van der Waals surface area contributed by atoms with Crippen LogP contribution in [0.3, 0.4) is 0 Å². The molecular weight excluding hydrogens is 256 g/mol. The van der Waals surface area contributed by atoms with Crippen molar-refractivity contribution in [3.63, 3.8) is 0 Å². The molecule has 0 atom stereocenters. The number of aromatic nitrogens is 1. The highest BCUT2D eigenvalue weighted by molar-refractivity contribution is 9.10. The minimum absolute atomic E-state index is 0.104. The van der Waals surface area contributed by atoms with Crippen molar-refractivity contribution in [1.29, 1.82) is 0 Å². The van der Waals surface area contributed by atoms with Gasteiger partial charge in [-0.1, -0.05) is 11.6 Å². The van der Waals surface area contributed by atoms with Gasteiger partial charge in [0.1, 0.15) is 4.60 Å². The molecule has 0 aliphatic rings. The number of halogens is 1. The van der Waals surface area contributed by atoms with E-state index in [-0.39, 0.29) is 5.91 Å². The van der Waals surface area contributed by atoms with Gasteiger partial charge in [0, 0.05) is 12.7 Å². The Morgan fingerprint density at radius 3 is 2.80 bits per heavy atom. The number of nitrogens with zero attached hydrogens (tertiary/aromatic N) is 1. The highest BCUT2D eigenvalue weighted by atomic mass is 79.9. The average Bonchev–Trinajstić information content (AvgIpc) is 2.18. The number of hydrogen-bond donors (Lipinski definition) is 1. The van der Waals surface area contributed by atoms with Gasteiger partial charge in [0.25, 0.3) is 5.91 Å². The van der Waals surface area contributed by atoms with Crippen molar-refractivity contribution >= 4 is 21.8 Å². The van der Waals surface area contributed by atoms with E-state index in [1.165, 1.54) is 5.57 Å². The Labute approximate surface area is 97.7 Å². The van der Waals surface area contributed by atoms with E-state index in [9.17, 15) is 4.79 Å². The first-order valence-electron chi connectivity index (χ1n) is 4.62. The molecule has 0 fully saturated rings. The van der Waals surface area contributed by atoms with Gasteiger partial charge >= 0.3 is 0 Å². The highest BCUT2D eigenvalue weighted by Crippen LogP contribution is 2.05. The van der Waals surface area contributed by atoms with Crippen LogP contribution in [0, 0.1) is 0 Å². The summed E-state index contributed by atoms with van der Waals surface area (Å²) in [5.41, 5.74) is 1.75. The quantitative estimate of drug-likeness (QED) is 0.676. The van der Waals surface area contributed by atoms with E-state index in [2.05, 4.69) is 26.2 Å². The standard InChI is InChI=1S/C11H13BrN2O/c1-8(2)5-6-13-11(15)9-3-4-10(12)14-7-9/h3-5,7H,6H2,1-2H3,(H,13,15). The van der Waals surface area contributed by atoms with Crippen LogP contribution >= 0.6 is 15.9 Å². The first-order valence-corrected chi connectivity index (χ1v) is 5.42. The summed E-state index contributed by atoms with van der Waals surface area (Å²) in [5.74, 6) is -0.104. The monoisotopic (exact) mass is 268 g/mol. The number of hydrogen-bond acceptors (Lipinski definition) is 2. The Hall–Kier alpha value is -1.16. The molecule has 1 N–H and O–H groups in total. The molecule has 0 aromatic carbocycles. The summed E-state index contributed by atoms with van der Waals surface area (Å²) in [5, 5.41) is 2.78. The average molecular weight is 269 g/mol. The molecule has 0 radical (unpaired) electrons. The fraction of sp³-hybridized carbons (Fsp3) is 0.273. The number of pyridine rings is 1. The van der Waals surface area contributed by atoms with Crippen LogP contribution in [0.15, 0.2) is 34.6 Å². The number of nitrogens with one attached hydrogen (secondary N) is 1. The molecule has 1 aromatic heterocycles. The van der Waals surface area contributed by atoms with E-state index < -0.39 is 0 Å². The van der Waals surface area contributed by atoms with Gasteiger partial charge < -0.3 is 5.32 Å². The predicted octanol–water partition coefficient (Wildman–Crippen LogP) is 2.54. The molecule has 0 unspecified atom stereocenters. The van der Waals surface area contributed by atoms with Crippen LogP contribution in [0.1, 0.15) is 24.2 Å². The summed E-state index contributed by atoms with van der Waals surface area (Å²) in [7, 11) is 0. The maximum Gasteiger partial charge on any atom is 0.253 e. The molecule has 0 aliphatic heterocycles.